The highest BCUT2D eigenvalue weighted by Crippen LogP contribution is 1.87. The Balaban J connectivity index is 3.38. The molecule has 4 heteroatoms. The van der Waals surface area contributed by atoms with Crippen LogP contribution in [0, 0.1) is 0 Å². The van der Waals surface area contributed by atoms with E-state index < -0.39 is 0 Å². The summed E-state index contributed by atoms with van der Waals surface area (Å²) in [7, 11) is 0. The minimum Gasteiger partial charge on any atom is -0.380 e. The third kappa shape index (κ3) is 5.09. The lowest BCUT2D eigenvalue weighted by atomic mass is 10.2. The first kappa shape index (κ1) is 11.4. The average molecular weight is 174 g/mol. The van der Waals surface area contributed by atoms with Gasteiger partial charge in [-0.05, 0) is 13.3 Å². The van der Waals surface area contributed by atoms with Crippen molar-refractivity contribution in [3.63, 3.8) is 0 Å². The molecular formula is C8H18N2O2. The lowest BCUT2D eigenvalue weighted by molar-refractivity contribution is -0.120. The lowest BCUT2D eigenvalue weighted by Gasteiger charge is -2.12. The third-order valence-electron chi connectivity index (χ3n) is 1.59. The van der Waals surface area contributed by atoms with Gasteiger partial charge in [-0.2, -0.15) is 0 Å². The van der Waals surface area contributed by atoms with Crippen molar-refractivity contribution in [1.29, 1.82) is 0 Å². The standard InChI is InChI=1S/C8H18N2O2/c1-3-7(8(9)11)10-5-6-12-4-2/h7,10H,3-6H2,1-2H3,(H2,9,11). The Morgan fingerprint density at radius 1 is 1.58 bits per heavy atom. The Kier molecular flexibility index (Phi) is 6.70. The number of primary amides is 1. The number of ether oxygens (including phenoxy) is 1. The van der Waals surface area contributed by atoms with Crippen LogP contribution in [0.4, 0.5) is 0 Å². The van der Waals surface area contributed by atoms with Crippen molar-refractivity contribution in [2.75, 3.05) is 19.8 Å². The summed E-state index contributed by atoms with van der Waals surface area (Å²) >= 11 is 0. The van der Waals surface area contributed by atoms with Gasteiger partial charge in [-0.25, -0.2) is 0 Å². The highest BCUT2D eigenvalue weighted by atomic mass is 16.5. The maximum atomic E-state index is 10.7. The molecule has 0 aliphatic rings. The van der Waals surface area contributed by atoms with Crippen LogP contribution in [0.15, 0.2) is 0 Å². The van der Waals surface area contributed by atoms with Crippen molar-refractivity contribution in [2.45, 2.75) is 26.3 Å². The molecule has 0 radical (unpaired) electrons. The molecule has 1 amide bonds. The fraction of sp³-hybridized carbons (Fsp3) is 0.875. The number of hydrogen-bond donors (Lipinski definition) is 2. The lowest BCUT2D eigenvalue weighted by Crippen LogP contribution is -2.42. The van der Waals surface area contributed by atoms with E-state index in [1.54, 1.807) is 0 Å². The molecule has 0 aromatic rings. The average Bonchev–Trinajstić information content (AvgIpc) is 2.04. The van der Waals surface area contributed by atoms with E-state index in [4.69, 9.17) is 10.5 Å². The molecule has 0 heterocycles. The minimum absolute atomic E-state index is 0.217. The number of rotatable bonds is 7. The summed E-state index contributed by atoms with van der Waals surface area (Å²) in [5.74, 6) is -0.297. The molecule has 0 spiro atoms. The number of carbonyl (C=O) groups excluding carboxylic acids is 1. The van der Waals surface area contributed by atoms with Gasteiger partial charge in [0.2, 0.25) is 5.91 Å². The first-order chi connectivity index (χ1) is 5.72. The van der Waals surface area contributed by atoms with E-state index in [-0.39, 0.29) is 11.9 Å². The van der Waals surface area contributed by atoms with Crippen LogP contribution in [-0.4, -0.2) is 31.7 Å². The fourth-order valence-electron chi connectivity index (χ4n) is 0.896. The largest absolute Gasteiger partial charge is 0.380 e. The predicted molar refractivity (Wildman–Crippen MR) is 47.8 cm³/mol. The Hall–Kier alpha value is -0.610. The first-order valence-electron chi connectivity index (χ1n) is 4.32. The van der Waals surface area contributed by atoms with Crippen molar-refractivity contribution < 1.29 is 9.53 Å². The SMILES string of the molecule is CCOCCNC(CC)C(N)=O. The second-order valence-corrected chi connectivity index (χ2v) is 2.51. The zero-order chi connectivity index (χ0) is 9.40. The van der Waals surface area contributed by atoms with E-state index in [0.29, 0.717) is 19.8 Å². The maximum absolute atomic E-state index is 10.7. The summed E-state index contributed by atoms with van der Waals surface area (Å²) in [6.07, 6.45) is 0.724. The molecule has 0 saturated carbocycles. The van der Waals surface area contributed by atoms with Crippen LogP contribution in [0.25, 0.3) is 0 Å². The van der Waals surface area contributed by atoms with Crippen molar-refractivity contribution >= 4 is 5.91 Å². The van der Waals surface area contributed by atoms with E-state index in [1.807, 2.05) is 13.8 Å². The van der Waals surface area contributed by atoms with Crippen LogP contribution in [-0.2, 0) is 9.53 Å². The van der Waals surface area contributed by atoms with E-state index in [2.05, 4.69) is 5.32 Å². The molecule has 4 nitrogen and oxygen atoms in total. The Morgan fingerprint density at radius 3 is 2.67 bits per heavy atom. The monoisotopic (exact) mass is 174 g/mol. The van der Waals surface area contributed by atoms with Gasteiger partial charge in [-0.15, -0.1) is 0 Å². The number of carbonyl (C=O) groups is 1. The quantitative estimate of drug-likeness (QED) is 0.529. The molecule has 3 N–H and O–H groups in total. The summed E-state index contributed by atoms with van der Waals surface area (Å²) in [5, 5.41) is 3.00. The molecule has 0 aromatic carbocycles. The van der Waals surface area contributed by atoms with Crippen LogP contribution >= 0.6 is 0 Å². The molecule has 0 aliphatic carbocycles. The van der Waals surface area contributed by atoms with Crippen molar-refractivity contribution in [2.24, 2.45) is 5.73 Å². The molecule has 0 rings (SSSR count). The van der Waals surface area contributed by atoms with Crippen molar-refractivity contribution in [3.05, 3.63) is 0 Å². The van der Waals surface area contributed by atoms with Crippen molar-refractivity contribution in [3.8, 4) is 0 Å². The predicted octanol–water partition coefficient (Wildman–Crippen LogP) is -0.124. The van der Waals surface area contributed by atoms with Crippen LogP contribution in [0.5, 0.6) is 0 Å². The molecule has 0 aromatic heterocycles. The fourth-order valence-corrected chi connectivity index (χ4v) is 0.896. The zero-order valence-corrected chi connectivity index (χ0v) is 7.80. The van der Waals surface area contributed by atoms with Gasteiger partial charge in [-0.3, -0.25) is 4.79 Å². The van der Waals surface area contributed by atoms with Gasteiger partial charge in [0.15, 0.2) is 0 Å². The molecular weight excluding hydrogens is 156 g/mol. The van der Waals surface area contributed by atoms with Gasteiger partial charge in [0.1, 0.15) is 0 Å². The van der Waals surface area contributed by atoms with Gasteiger partial charge in [-0.1, -0.05) is 6.92 Å². The summed E-state index contributed by atoms with van der Waals surface area (Å²) in [6.45, 7) is 5.86. The van der Waals surface area contributed by atoms with E-state index in [9.17, 15) is 4.79 Å². The van der Waals surface area contributed by atoms with Gasteiger partial charge < -0.3 is 15.8 Å². The number of nitrogens with one attached hydrogen (secondary N) is 1. The molecule has 1 atom stereocenters. The Morgan fingerprint density at radius 2 is 2.25 bits per heavy atom. The zero-order valence-electron chi connectivity index (χ0n) is 7.80. The number of hydrogen-bond acceptors (Lipinski definition) is 3. The third-order valence-corrected chi connectivity index (χ3v) is 1.59. The van der Waals surface area contributed by atoms with E-state index in [0.717, 1.165) is 6.42 Å². The molecule has 12 heavy (non-hydrogen) atoms. The first-order valence-corrected chi connectivity index (χ1v) is 4.32. The van der Waals surface area contributed by atoms with Crippen LogP contribution in [0.2, 0.25) is 0 Å². The van der Waals surface area contributed by atoms with Crippen LogP contribution in [0.3, 0.4) is 0 Å². The smallest absolute Gasteiger partial charge is 0.234 e. The summed E-state index contributed by atoms with van der Waals surface area (Å²) < 4.78 is 5.09. The normalized spacial score (nSPS) is 12.8. The molecule has 0 aliphatic heterocycles. The molecule has 72 valence electrons. The molecule has 1 unspecified atom stereocenters. The second-order valence-electron chi connectivity index (χ2n) is 2.51. The number of nitrogens with two attached hydrogens (primary N) is 1. The van der Waals surface area contributed by atoms with Crippen LogP contribution in [0.1, 0.15) is 20.3 Å². The van der Waals surface area contributed by atoms with Crippen LogP contribution < -0.4 is 11.1 Å². The topological polar surface area (TPSA) is 64.3 Å². The molecule has 0 fully saturated rings. The Bertz CT molecular complexity index is 128. The second kappa shape index (κ2) is 7.06. The summed E-state index contributed by atoms with van der Waals surface area (Å²) in [4.78, 5) is 10.7. The molecule has 0 saturated heterocycles. The summed E-state index contributed by atoms with van der Waals surface area (Å²) in [5.41, 5.74) is 5.12. The number of amides is 1. The minimum atomic E-state index is -0.297. The van der Waals surface area contributed by atoms with Gasteiger partial charge in [0.05, 0.1) is 12.6 Å². The highest BCUT2D eigenvalue weighted by molar-refractivity contribution is 5.79. The van der Waals surface area contributed by atoms with Crippen molar-refractivity contribution in [1.82, 2.24) is 5.32 Å². The summed E-state index contributed by atoms with van der Waals surface area (Å²) in [6, 6.07) is -0.217. The Labute approximate surface area is 73.5 Å². The van der Waals surface area contributed by atoms with Gasteiger partial charge in [0, 0.05) is 13.2 Å². The van der Waals surface area contributed by atoms with E-state index in [1.165, 1.54) is 0 Å². The maximum Gasteiger partial charge on any atom is 0.234 e. The highest BCUT2D eigenvalue weighted by Gasteiger charge is 2.10. The van der Waals surface area contributed by atoms with Gasteiger partial charge in [0.25, 0.3) is 0 Å². The molecule has 0 bridgehead atoms. The van der Waals surface area contributed by atoms with Gasteiger partial charge >= 0.3 is 0 Å². The van der Waals surface area contributed by atoms with E-state index >= 15 is 0 Å².